The maximum atomic E-state index is 12.3. The van der Waals surface area contributed by atoms with Crippen LogP contribution in [0.3, 0.4) is 0 Å². The topological polar surface area (TPSA) is 42.4 Å². The van der Waals surface area contributed by atoms with E-state index in [1.165, 1.54) is 11.5 Å². The Balaban J connectivity index is 1.80. The molecule has 1 aliphatic heterocycles. The molecule has 3 rings (SSSR count). The van der Waals surface area contributed by atoms with E-state index < -0.39 is 0 Å². The van der Waals surface area contributed by atoms with Crippen LogP contribution in [0.5, 0.6) is 5.75 Å². The molecular weight excluding hydrogens is 260 g/mol. The van der Waals surface area contributed by atoms with Crippen molar-refractivity contribution in [3.05, 3.63) is 47.0 Å². The van der Waals surface area contributed by atoms with Crippen molar-refractivity contribution >= 4 is 17.4 Å². The molecule has 0 spiro atoms. The number of likely N-dealkylation sites (tertiary alicyclic amines) is 1. The Labute approximate surface area is 115 Å². The van der Waals surface area contributed by atoms with E-state index in [0.717, 1.165) is 24.3 Å². The Morgan fingerprint density at radius 3 is 3.05 bits per heavy atom. The molecule has 1 aliphatic rings. The van der Waals surface area contributed by atoms with Crippen molar-refractivity contribution in [3.63, 3.8) is 0 Å². The van der Waals surface area contributed by atoms with Gasteiger partial charge in [0.2, 0.25) is 0 Å². The molecule has 1 saturated heterocycles. The van der Waals surface area contributed by atoms with Crippen LogP contribution in [0.25, 0.3) is 0 Å². The maximum absolute atomic E-state index is 12.3. The number of amides is 1. The van der Waals surface area contributed by atoms with E-state index in [9.17, 15) is 4.79 Å². The molecule has 0 N–H and O–H groups in total. The summed E-state index contributed by atoms with van der Waals surface area (Å²) in [4.78, 5) is 14.2. The lowest BCUT2D eigenvalue weighted by Gasteiger charge is -2.41. The predicted molar refractivity (Wildman–Crippen MR) is 73.5 cm³/mol. The molecule has 5 heteroatoms. The van der Waals surface area contributed by atoms with E-state index in [0.29, 0.717) is 5.56 Å². The van der Waals surface area contributed by atoms with Gasteiger partial charge in [0.25, 0.3) is 5.91 Å². The fraction of sp³-hybridized carbons (Fsp3) is 0.286. The third-order valence-electron chi connectivity index (χ3n) is 3.44. The van der Waals surface area contributed by atoms with E-state index in [1.54, 1.807) is 18.7 Å². The van der Waals surface area contributed by atoms with Crippen molar-refractivity contribution in [1.29, 1.82) is 0 Å². The Morgan fingerprint density at radius 1 is 1.53 bits per heavy atom. The molecule has 0 bridgehead atoms. The number of ether oxygens (including phenoxy) is 1. The molecule has 2 heterocycles. The summed E-state index contributed by atoms with van der Waals surface area (Å²) >= 11 is 1.31. The number of carbonyl (C=O) groups is 1. The van der Waals surface area contributed by atoms with Gasteiger partial charge in [0.1, 0.15) is 5.75 Å². The van der Waals surface area contributed by atoms with Gasteiger partial charge in [-0.3, -0.25) is 4.79 Å². The number of hydrogen-bond donors (Lipinski definition) is 0. The zero-order valence-electron chi connectivity index (χ0n) is 10.6. The van der Waals surface area contributed by atoms with Crippen LogP contribution in [0.1, 0.15) is 28.4 Å². The molecule has 1 aromatic carbocycles. The van der Waals surface area contributed by atoms with E-state index in [2.05, 4.69) is 4.37 Å². The zero-order valence-corrected chi connectivity index (χ0v) is 11.4. The Bertz CT molecular complexity index is 583. The molecule has 1 amide bonds. The highest BCUT2D eigenvalue weighted by atomic mass is 32.1. The molecule has 4 nitrogen and oxygen atoms in total. The first-order chi connectivity index (χ1) is 9.29. The smallest absolute Gasteiger partial charge is 0.256 e. The number of hydrogen-bond acceptors (Lipinski definition) is 4. The second-order valence-electron chi connectivity index (χ2n) is 4.49. The van der Waals surface area contributed by atoms with Gasteiger partial charge in [-0.25, -0.2) is 4.37 Å². The molecule has 98 valence electrons. The number of methoxy groups -OCH3 is 1. The monoisotopic (exact) mass is 274 g/mol. The molecule has 0 saturated carbocycles. The summed E-state index contributed by atoms with van der Waals surface area (Å²) in [5.41, 5.74) is 1.81. The van der Waals surface area contributed by atoms with Gasteiger partial charge in [-0.1, -0.05) is 12.1 Å². The summed E-state index contributed by atoms with van der Waals surface area (Å²) in [6, 6.07) is 8.06. The fourth-order valence-electron chi connectivity index (χ4n) is 2.30. The number of nitrogens with zero attached hydrogens (tertiary/aromatic N) is 2. The summed E-state index contributed by atoms with van der Waals surface area (Å²) < 4.78 is 9.21. The van der Waals surface area contributed by atoms with Crippen LogP contribution in [-0.4, -0.2) is 28.8 Å². The molecule has 2 aromatic rings. The van der Waals surface area contributed by atoms with Gasteiger partial charge in [-0.05, 0) is 35.6 Å². The van der Waals surface area contributed by atoms with Gasteiger partial charge < -0.3 is 9.64 Å². The van der Waals surface area contributed by atoms with Crippen molar-refractivity contribution in [2.24, 2.45) is 0 Å². The number of rotatable bonds is 3. The average Bonchev–Trinajstić information content (AvgIpc) is 2.91. The predicted octanol–water partition coefficient (Wildman–Crippen LogP) is 2.74. The highest BCUT2D eigenvalue weighted by Gasteiger charge is 2.34. The van der Waals surface area contributed by atoms with Crippen molar-refractivity contribution in [3.8, 4) is 5.75 Å². The molecule has 0 radical (unpaired) electrons. The first kappa shape index (κ1) is 12.2. The highest BCUT2D eigenvalue weighted by molar-refractivity contribution is 7.03. The van der Waals surface area contributed by atoms with Crippen LogP contribution in [0.4, 0.5) is 0 Å². The van der Waals surface area contributed by atoms with Crippen molar-refractivity contribution < 1.29 is 9.53 Å². The molecule has 1 fully saturated rings. The van der Waals surface area contributed by atoms with E-state index in [4.69, 9.17) is 4.74 Å². The van der Waals surface area contributed by atoms with Crippen LogP contribution >= 0.6 is 11.5 Å². The zero-order chi connectivity index (χ0) is 13.2. The van der Waals surface area contributed by atoms with E-state index >= 15 is 0 Å². The Hall–Kier alpha value is -1.88. The van der Waals surface area contributed by atoms with Gasteiger partial charge in [0.05, 0.1) is 24.9 Å². The maximum Gasteiger partial charge on any atom is 0.256 e. The average molecular weight is 274 g/mol. The van der Waals surface area contributed by atoms with Crippen LogP contribution in [0.15, 0.2) is 35.8 Å². The lowest BCUT2D eigenvalue weighted by atomic mass is 9.94. The second-order valence-corrected chi connectivity index (χ2v) is 5.15. The van der Waals surface area contributed by atoms with Crippen molar-refractivity contribution in [2.75, 3.05) is 13.7 Å². The minimum Gasteiger partial charge on any atom is -0.497 e. The molecule has 1 atom stereocenters. The second kappa shape index (κ2) is 5.01. The number of benzene rings is 1. The summed E-state index contributed by atoms with van der Waals surface area (Å²) in [6.45, 7) is 0.802. The summed E-state index contributed by atoms with van der Waals surface area (Å²) in [6.07, 6.45) is 2.63. The molecular formula is C14H14N2O2S. The summed E-state index contributed by atoms with van der Waals surface area (Å²) in [5, 5.41) is 1.79. The minimum atomic E-state index is 0.0628. The van der Waals surface area contributed by atoms with Crippen molar-refractivity contribution in [2.45, 2.75) is 12.5 Å². The fourth-order valence-corrected chi connectivity index (χ4v) is 2.81. The molecule has 1 unspecified atom stereocenters. The minimum absolute atomic E-state index is 0.0628. The standard InChI is InChI=1S/C14H14N2O2S/c1-18-12-4-2-3-10(7-12)13-5-6-16(13)14(17)11-8-15-19-9-11/h2-4,7-9,13H,5-6H2,1H3. The quantitative estimate of drug-likeness (QED) is 0.864. The lowest BCUT2D eigenvalue weighted by molar-refractivity contribution is 0.0460. The lowest BCUT2D eigenvalue weighted by Crippen LogP contribution is -2.44. The summed E-state index contributed by atoms with van der Waals surface area (Å²) in [5.74, 6) is 0.891. The van der Waals surface area contributed by atoms with Crippen LogP contribution in [0, 0.1) is 0 Å². The highest BCUT2D eigenvalue weighted by Crippen LogP contribution is 2.35. The third kappa shape index (κ3) is 2.21. The van der Waals surface area contributed by atoms with Gasteiger partial charge in [0, 0.05) is 11.9 Å². The SMILES string of the molecule is COc1cccc(C2CCN2C(=O)c2cnsc2)c1. The van der Waals surface area contributed by atoms with Gasteiger partial charge in [0.15, 0.2) is 0 Å². The normalized spacial score (nSPS) is 17.9. The molecule has 19 heavy (non-hydrogen) atoms. The summed E-state index contributed by atoms with van der Waals surface area (Å²) in [7, 11) is 1.65. The van der Waals surface area contributed by atoms with Crippen molar-refractivity contribution in [1.82, 2.24) is 9.27 Å². The van der Waals surface area contributed by atoms with Gasteiger partial charge in [-0.2, -0.15) is 0 Å². The number of carbonyl (C=O) groups excluding carboxylic acids is 1. The van der Waals surface area contributed by atoms with Crippen LogP contribution < -0.4 is 4.74 Å². The first-order valence-corrected chi connectivity index (χ1v) is 6.97. The number of aromatic nitrogens is 1. The van der Waals surface area contributed by atoms with Gasteiger partial charge in [-0.15, -0.1) is 0 Å². The Kier molecular flexibility index (Phi) is 3.21. The molecule has 1 aromatic heterocycles. The first-order valence-electron chi connectivity index (χ1n) is 6.14. The van der Waals surface area contributed by atoms with E-state index in [1.807, 2.05) is 29.2 Å². The Morgan fingerprint density at radius 2 is 2.42 bits per heavy atom. The van der Waals surface area contributed by atoms with Crippen LogP contribution in [-0.2, 0) is 0 Å². The largest absolute Gasteiger partial charge is 0.497 e. The van der Waals surface area contributed by atoms with Gasteiger partial charge >= 0.3 is 0 Å². The molecule has 0 aliphatic carbocycles. The van der Waals surface area contributed by atoms with E-state index in [-0.39, 0.29) is 11.9 Å². The van der Waals surface area contributed by atoms with Crippen LogP contribution in [0.2, 0.25) is 0 Å². The third-order valence-corrected chi connectivity index (χ3v) is 4.02.